The Morgan fingerprint density at radius 2 is 1.89 bits per heavy atom. The monoisotopic (exact) mass is 380 g/mol. The Kier molecular flexibility index (Phi) is 4.40. The summed E-state index contributed by atoms with van der Waals surface area (Å²) in [6.07, 6.45) is -2.25. The normalized spacial score (nSPS) is 16.2. The number of rotatable bonds is 4. The third-order valence-electron chi connectivity index (χ3n) is 4.50. The van der Waals surface area contributed by atoms with Crippen molar-refractivity contribution in [3.05, 3.63) is 58.9 Å². The van der Waals surface area contributed by atoms with Gasteiger partial charge in [-0.1, -0.05) is 30.3 Å². The minimum absolute atomic E-state index is 0.0307. The number of carbonyl (C=O) groups is 2. The Hall–Kier alpha value is -3.88. The Bertz CT molecular complexity index is 1110. The van der Waals surface area contributed by atoms with Crippen molar-refractivity contribution in [2.24, 2.45) is 0 Å². The van der Waals surface area contributed by atoms with Gasteiger partial charge in [0.1, 0.15) is 6.10 Å². The molecule has 2 aromatic carbocycles. The van der Waals surface area contributed by atoms with E-state index in [9.17, 15) is 14.4 Å². The number of carbonyl (C=O) groups excluding carboxylic acids is 1. The topological polar surface area (TPSA) is 125 Å². The molecule has 3 N–H and O–H groups in total. The lowest BCUT2D eigenvalue weighted by Crippen LogP contribution is -2.33. The molecule has 1 aromatic heterocycles. The highest BCUT2D eigenvalue weighted by atomic mass is 16.6. The lowest BCUT2D eigenvalue weighted by Gasteiger charge is -2.14. The highest BCUT2D eigenvalue weighted by molar-refractivity contribution is 5.94. The Morgan fingerprint density at radius 1 is 1.18 bits per heavy atom. The number of H-pyrrole nitrogens is 1. The molecule has 1 saturated heterocycles. The molecule has 0 saturated carbocycles. The number of hydrogen-bond acceptors (Lipinski definition) is 5. The predicted molar refractivity (Wildman–Crippen MR) is 101 cm³/mol. The van der Waals surface area contributed by atoms with Crippen LogP contribution in [0.25, 0.3) is 22.0 Å². The van der Waals surface area contributed by atoms with Crippen LogP contribution in [0.2, 0.25) is 0 Å². The predicted octanol–water partition coefficient (Wildman–Crippen LogP) is 2.18. The maximum Gasteiger partial charge on any atom is 0.414 e. The molecule has 9 nitrogen and oxygen atoms in total. The van der Waals surface area contributed by atoms with E-state index in [1.165, 1.54) is 4.90 Å². The van der Waals surface area contributed by atoms with E-state index in [1.54, 1.807) is 36.4 Å². The summed E-state index contributed by atoms with van der Waals surface area (Å²) in [5, 5.41) is 18.8. The molecule has 9 heteroatoms. The molecule has 2 amide bonds. The van der Waals surface area contributed by atoms with Crippen LogP contribution < -0.4 is 15.8 Å². The molecule has 1 aliphatic rings. The first-order chi connectivity index (χ1) is 13.5. The second kappa shape index (κ2) is 7.03. The minimum Gasteiger partial charge on any atom is -0.465 e. The molecule has 28 heavy (non-hydrogen) atoms. The van der Waals surface area contributed by atoms with Crippen LogP contribution >= 0.6 is 0 Å². The van der Waals surface area contributed by atoms with E-state index in [4.69, 9.17) is 9.84 Å². The van der Waals surface area contributed by atoms with E-state index in [0.717, 1.165) is 10.9 Å². The van der Waals surface area contributed by atoms with E-state index >= 15 is 0 Å². The minimum atomic E-state index is -1.17. The van der Waals surface area contributed by atoms with Crippen molar-refractivity contribution >= 4 is 28.6 Å². The van der Waals surface area contributed by atoms with Crippen LogP contribution in [0, 0.1) is 0 Å². The van der Waals surface area contributed by atoms with Crippen LogP contribution in [-0.4, -0.2) is 46.7 Å². The number of nitrogens with zero attached hydrogens (tertiary/aromatic N) is 2. The summed E-state index contributed by atoms with van der Waals surface area (Å²) >= 11 is 0. The first kappa shape index (κ1) is 17.5. The maximum absolute atomic E-state index is 12.1. The van der Waals surface area contributed by atoms with Gasteiger partial charge in [0.25, 0.3) is 5.56 Å². The number of fused-ring (bicyclic) bond motifs is 1. The van der Waals surface area contributed by atoms with Gasteiger partial charge in [-0.3, -0.25) is 9.69 Å². The zero-order chi connectivity index (χ0) is 19.7. The summed E-state index contributed by atoms with van der Waals surface area (Å²) in [4.78, 5) is 36.0. The summed E-state index contributed by atoms with van der Waals surface area (Å²) in [5.41, 5.74) is 1.79. The Labute approximate surface area is 158 Å². The fraction of sp³-hybridized carbons (Fsp3) is 0.158. The molecule has 0 radical (unpaired) electrons. The quantitative estimate of drug-likeness (QED) is 0.637. The van der Waals surface area contributed by atoms with Gasteiger partial charge in [-0.15, -0.1) is 0 Å². The van der Waals surface area contributed by atoms with Crippen molar-refractivity contribution in [1.29, 1.82) is 0 Å². The molecule has 2 heterocycles. The van der Waals surface area contributed by atoms with Crippen LogP contribution in [-0.2, 0) is 4.74 Å². The van der Waals surface area contributed by atoms with Gasteiger partial charge < -0.3 is 15.2 Å². The SMILES string of the molecule is O=C(O)NCC1CN(c2ccc(-c3n[nH]c(=O)c4ccccc34)cc2)C(=O)O1. The number of ether oxygens (including phenoxy) is 1. The van der Waals surface area contributed by atoms with Crippen molar-refractivity contribution in [1.82, 2.24) is 15.5 Å². The summed E-state index contributed by atoms with van der Waals surface area (Å²) in [5.74, 6) is 0. The highest BCUT2D eigenvalue weighted by Crippen LogP contribution is 2.28. The van der Waals surface area contributed by atoms with Crippen molar-refractivity contribution in [3.63, 3.8) is 0 Å². The van der Waals surface area contributed by atoms with E-state index in [-0.39, 0.29) is 18.6 Å². The first-order valence-corrected chi connectivity index (χ1v) is 8.56. The molecular formula is C19H16N4O5. The van der Waals surface area contributed by atoms with E-state index in [0.29, 0.717) is 16.8 Å². The summed E-state index contributed by atoms with van der Waals surface area (Å²) in [6.45, 7) is 0.279. The van der Waals surface area contributed by atoms with Gasteiger partial charge in [0, 0.05) is 16.6 Å². The second-order valence-corrected chi connectivity index (χ2v) is 6.30. The van der Waals surface area contributed by atoms with Crippen molar-refractivity contribution < 1.29 is 19.4 Å². The van der Waals surface area contributed by atoms with Crippen LogP contribution in [0.3, 0.4) is 0 Å². The van der Waals surface area contributed by atoms with Gasteiger partial charge in [-0.05, 0) is 18.2 Å². The molecule has 1 aliphatic heterocycles. The van der Waals surface area contributed by atoms with Crippen molar-refractivity contribution in [3.8, 4) is 11.3 Å². The van der Waals surface area contributed by atoms with E-state index in [2.05, 4.69) is 15.5 Å². The number of carboxylic acid groups (broad SMARTS) is 1. The van der Waals surface area contributed by atoms with Crippen LogP contribution in [0.4, 0.5) is 15.3 Å². The fourth-order valence-electron chi connectivity index (χ4n) is 3.17. The molecule has 0 spiro atoms. The Balaban J connectivity index is 1.59. The largest absolute Gasteiger partial charge is 0.465 e. The number of hydrogen-bond donors (Lipinski definition) is 3. The summed E-state index contributed by atoms with van der Waals surface area (Å²) < 4.78 is 5.17. The molecule has 0 bridgehead atoms. The molecule has 1 unspecified atom stereocenters. The smallest absolute Gasteiger partial charge is 0.414 e. The van der Waals surface area contributed by atoms with E-state index < -0.39 is 18.3 Å². The average Bonchev–Trinajstić information content (AvgIpc) is 3.08. The van der Waals surface area contributed by atoms with Gasteiger partial charge in [0.05, 0.1) is 24.2 Å². The molecule has 0 aliphatic carbocycles. The number of anilines is 1. The standard InChI is InChI=1S/C19H16N4O5/c24-17-15-4-2-1-3-14(15)16(21-22-17)11-5-7-12(8-6-11)23-10-13(28-19(23)27)9-20-18(25)26/h1-8,13,20H,9-10H2,(H,22,24)(H,25,26). The lowest BCUT2D eigenvalue weighted by atomic mass is 10.0. The molecule has 1 fully saturated rings. The maximum atomic E-state index is 12.1. The molecule has 142 valence electrons. The van der Waals surface area contributed by atoms with Gasteiger partial charge in [0.15, 0.2) is 0 Å². The third kappa shape index (κ3) is 3.25. The Morgan fingerprint density at radius 3 is 2.61 bits per heavy atom. The third-order valence-corrected chi connectivity index (χ3v) is 4.50. The van der Waals surface area contributed by atoms with E-state index in [1.807, 2.05) is 12.1 Å². The van der Waals surface area contributed by atoms with Gasteiger partial charge >= 0.3 is 12.2 Å². The number of aromatic amines is 1. The zero-order valence-corrected chi connectivity index (χ0v) is 14.6. The van der Waals surface area contributed by atoms with Crippen LogP contribution in [0.15, 0.2) is 53.3 Å². The first-order valence-electron chi connectivity index (χ1n) is 8.56. The summed E-state index contributed by atoms with van der Waals surface area (Å²) in [6, 6.07) is 14.3. The second-order valence-electron chi connectivity index (χ2n) is 6.30. The van der Waals surface area contributed by atoms with Gasteiger partial charge in [-0.2, -0.15) is 5.10 Å². The number of amides is 2. The van der Waals surface area contributed by atoms with Crippen molar-refractivity contribution in [2.75, 3.05) is 18.0 Å². The highest BCUT2D eigenvalue weighted by Gasteiger charge is 2.32. The number of cyclic esters (lactones) is 1. The average molecular weight is 380 g/mol. The molecule has 3 aromatic rings. The summed E-state index contributed by atoms with van der Waals surface area (Å²) in [7, 11) is 0. The zero-order valence-electron chi connectivity index (χ0n) is 14.6. The number of benzene rings is 2. The number of nitrogens with one attached hydrogen (secondary N) is 2. The fourth-order valence-corrected chi connectivity index (χ4v) is 3.17. The van der Waals surface area contributed by atoms with Crippen LogP contribution in [0.5, 0.6) is 0 Å². The van der Waals surface area contributed by atoms with Gasteiger partial charge in [0.2, 0.25) is 0 Å². The van der Waals surface area contributed by atoms with Gasteiger partial charge in [-0.25, -0.2) is 14.7 Å². The molecule has 1 atom stereocenters. The van der Waals surface area contributed by atoms with Crippen LogP contribution in [0.1, 0.15) is 0 Å². The molecule has 4 rings (SSSR count). The van der Waals surface area contributed by atoms with Crippen molar-refractivity contribution in [2.45, 2.75) is 6.10 Å². The lowest BCUT2D eigenvalue weighted by molar-refractivity contribution is 0.136. The number of aromatic nitrogens is 2. The molecular weight excluding hydrogens is 364 g/mol.